The third-order valence-electron chi connectivity index (χ3n) is 4.32. The van der Waals surface area contributed by atoms with Crippen molar-refractivity contribution in [3.8, 4) is 18.1 Å². The highest BCUT2D eigenvalue weighted by atomic mass is 16.5. The first-order chi connectivity index (χ1) is 13.7. The van der Waals surface area contributed by atoms with Gasteiger partial charge in [-0.25, -0.2) is 0 Å². The molecule has 0 unspecified atom stereocenters. The second-order valence-electron chi connectivity index (χ2n) is 6.10. The van der Waals surface area contributed by atoms with Crippen molar-refractivity contribution in [3.63, 3.8) is 0 Å². The van der Waals surface area contributed by atoms with Gasteiger partial charge in [0.05, 0.1) is 24.9 Å². The largest absolute Gasteiger partial charge is 0.497 e. The van der Waals surface area contributed by atoms with Crippen molar-refractivity contribution in [3.05, 3.63) is 102 Å². The minimum absolute atomic E-state index is 0.0675. The smallest absolute Gasteiger partial charge is 0.195 e. The van der Waals surface area contributed by atoms with Gasteiger partial charge in [0.1, 0.15) is 5.75 Å². The summed E-state index contributed by atoms with van der Waals surface area (Å²) in [5.41, 5.74) is 3.58. The van der Waals surface area contributed by atoms with Gasteiger partial charge in [-0.05, 0) is 35.4 Å². The first-order valence-electron chi connectivity index (χ1n) is 8.96. The molecule has 3 rings (SSSR count). The number of allylic oxidation sites excluding steroid dienone is 1. The lowest BCUT2D eigenvalue weighted by Gasteiger charge is -2.17. The van der Waals surface area contributed by atoms with E-state index in [1.54, 1.807) is 7.11 Å². The standard InChI is InChI=1S/C25H21NO2/c1-3-18-26-24(20-14-16-22(28-2)17-15-20)23(19-10-6-4-7-11-19)25(27)21-12-8-5-9-13-21/h1,4-17,26H,18H2,2H3/b24-23-. The summed E-state index contributed by atoms with van der Waals surface area (Å²) in [5.74, 6) is 3.27. The summed E-state index contributed by atoms with van der Waals surface area (Å²) in [4.78, 5) is 13.5. The summed E-state index contributed by atoms with van der Waals surface area (Å²) < 4.78 is 5.26. The van der Waals surface area contributed by atoms with Crippen LogP contribution in [0, 0.1) is 12.3 Å². The molecule has 0 aliphatic carbocycles. The van der Waals surface area contributed by atoms with Crippen LogP contribution in [0.4, 0.5) is 0 Å². The van der Waals surface area contributed by atoms with Crippen molar-refractivity contribution < 1.29 is 9.53 Å². The second-order valence-corrected chi connectivity index (χ2v) is 6.10. The van der Waals surface area contributed by atoms with Gasteiger partial charge in [-0.3, -0.25) is 4.79 Å². The monoisotopic (exact) mass is 367 g/mol. The maximum absolute atomic E-state index is 13.5. The van der Waals surface area contributed by atoms with Gasteiger partial charge < -0.3 is 10.1 Å². The Morgan fingerprint density at radius 2 is 1.43 bits per heavy atom. The van der Waals surface area contributed by atoms with Crippen LogP contribution in [0.2, 0.25) is 0 Å². The van der Waals surface area contributed by atoms with Crippen LogP contribution in [0.5, 0.6) is 5.75 Å². The molecule has 0 amide bonds. The van der Waals surface area contributed by atoms with Gasteiger partial charge in [0.25, 0.3) is 0 Å². The van der Waals surface area contributed by atoms with Crippen molar-refractivity contribution in [2.24, 2.45) is 0 Å². The van der Waals surface area contributed by atoms with E-state index >= 15 is 0 Å². The molecule has 0 atom stereocenters. The number of carbonyl (C=O) groups is 1. The molecule has 0 saturated heterocycles. The number of benzene rings is 3. The number of terminal acetylenes is 1. The van der Waals surface area contributed by atoms with Crippen LogP contribution < -0.4 is 10.1 Å². The van der Waals surface area contributed by atoms with E-state index in [-0.39, 0.29) is 5.78 Å². The summed E-state index contributed by atoms with van der Waals surface area (Å²) in [6.07, 6.45) is 5.49. The SMILES string of the molecule is C#CCN/C(=C(\C(=O)c1ccccc1)c1ccccc1)c1ccc(OC)cc1. The van der Waals surface area contributed by atoms with E-state index in [9.17, 15) is 4.79 Å². The zero-order valence-electron chi connectivity index (χ0n) is 15.7. The Bertz CT molecular complexity index is 998. The highest BCUT2D eigenvalue weighted by Crippen LogP contribution is 2.29. The van der Waals surface area contributed by atoms with Gasteiger partial charge in [0.2, 0.25) is 0 Å². The number of ketones is 1. The summed E-state index contributed by atoms with van der Waals surface area (Å²) in [6.45, 7) is 0.305. The molecule has 1 N–H and O–H groups in total. The fourth-order valence-corrected chi connectivity index (χ4v) is 2.96. The Morgan fingerprint density at radius 3 is 1.96 bits per heavy atom. The number of rotatable bonds is 7. The van der Waals surface area contributed by atoms with E-state index in [4.69, 9.17) is 11.2 Å². The van der Waals surface area contributed by atoms with Gasteiger partial charge >= 0.3 is 0 Å². The predicted molar refractivity (Wildman–Crippen MR) is 114 cm³/mol. The van der Waals surface area contributed by atoms with Crippen LogP contribution >= 0.6 is 0 Å². The fraction of sp³-hybridized carbons (Fsp3) is 0.0800. The number of nitrogens with one attached hydrogen (secondary N) is 1. The molecule has 0 fully saturated rings. The Labute approximate surface area is 165 Å². The van der Waals surface area contributed by atoms with Crippen molar-refractivity contribution in [2.45, 2.75) is 0 Å². The number of ether oxygens (including phenoxy) is 1. The molecule has 0 bridgehead atoms. The molecular weight excluding hydrogens is 346 g/mol. The quantitative estimate of drug-likeness (QED) is 0.285. The van der Waals surface area contributed by atoms with Crippen LogP contribution in [0.15, 0.2) is 84.9 Å². The third kappa shape index (κ3) is 4.31. The fourth-order valence-electron chi connectivity index (χ4n) is 2.96. The molecule has 3 nitrogen and oxygen atoms in total. The van der Waals surface area contributed by atoms with Crippen LogP contribution in [0.3, 0.4) is 0 Å². The van der Waals surface area contributed by atoms with Crippen molar-refractivity contribution >= 4 is 17.1 Å². The van der Waals surface area contributed by atoms with Crippen LogP contribution in [-0.2, 0) is 0 Å². The normalized spacial score (nSPS) is 11.1. The van der Waals surface area contributed by atoms with E-state index in [1.807, 2.05) is 84.9 Å². The van der Waals surface area contributed by atoms with Crippen LogP contribution in [0.25, 0.3) is 11.3 Å². The lowest BCUT2D eigenvalue weighted by molar-refractivity contribution is 0.105. The number of methoxy groups -OCH3 is 1. The van der Waals surface area contributed by atoms with Crippen LogP contribution in [0.1, 0.15) is 21.5 Å². The number of hydrogen-bond acceptors (Lipinski definition) is 3. The second kappa shape index (κ2) is 9.25. The number of Topliss-reactive ketones (excluding diaryl/α,β-unsaturated/α-hetero) is 1. The molecule has 0 spiro atoms. The molecule has 0 aromatic heterocycles. The average Bonchev–Trinajstić information content (AvgIpc) is 2.77. The summed E-state index contributed by atoms with van der Waals surface area (Å²) in [6, 6.07) is 26.4. The third-order valence-corrected chi connectivity index (χ3v) is 4.32. The van der Waals surface area contributed by atoms with Gasteiger partial charge in [0, 0.05) is 5.56 Å². The van der Waals surface area contributed by atoms with Crippen molar-refractivity contribution in [2.75, 3.05) is 13.7 Å². The van der Waals surface area contributed by atoms with E-state index < -0.39 is 0 Å². The predicted octanol–water partition coefficient (Wildman–Crippen LogP) is 4.67. The molecular formula is C25H21NO2. The molecule has 0 saturated carbocycles. The van der Waals surface area contributed by atoms with E-state index in [0.717, 1.165) is 16.9 Å². The molecule has 138 valence electrons. The minimum Gasteiger partial charge on any atom is -0.497 e. The number of hydrogen-bond donors (Lipinski definition) is 1. The van der Waals surface area contributed by atoms with Gasteiger partial charge in [-0.2, -0.15) is 0 Å². The van der Waals surface area contributed by atoms with Crippen molar-refractivity contribution in [1.29, 1.82) is 0 Å². The number of carbonyl (C=O) groups excluding carboxylic acids is 1. The molecule has 0 aliphatic heterocycles. The van der Waals surface area contributed by atoms with E-state index in [1.165, 1.54) is 0 Å². The highest BCUT2D eigenvalue weighted by Gasteiger charge is 2.20. The van der Waals surface area contributed by atoms with Crippen molar-refractivity contribution in [1.82, 2.24) is 5.32 Å². The average molecular weight is 367 g/mol. The molecule has 0 aliphatic rings. The highest BCUT2D eigenvalue weighted by molar-refractivity contribution is 6.34. The molecule has 28 heavy (non-hydrogen) atoms. The Hall–Kier alpha value is -3.77. The minimum atomic E-state index is -0.0675. The Morgan fingerprint density at radius 1 is 0.857 bits per heavy atom. The summed E-state index contributed by atoms with van der Waals surface area (Å²) in [5, 5.41) is 3.25. The molecule has 3 aromatic carbocycles. The lowest BCUT2D eigenvalue weighted by atomic mass is 9.92. The maximum atomic E-state index is 13.5. The topological polar surface area (TPSA) is 38.3 Å². The lowest BCUT2D eigenvalue weighted by Crippen LogP contribution is -2.18. The van der Waals surface area contributed by atoms with E-state index in [0.29, 0.717) is 23.4 Å². The zero-order valence-corrected chi connectivity index (χ0v) is 15.7. The molecule has 0 radical (unpaired) electrons. The van der Waals surface area contributed by atoms with E-state index in [2.05, 4.69) is 11.2 Å². The van der Waals surface area contributed by atoms with Gasteiger partial charge in [-0.1, -0.05) is 66.6 Å². The molecule has 0 heterocycles. The zero-order chi connectivity index (χ0) is 19.8. The first-order valence-corrected chi connectivity index (χ1v) is 8.96. The first kappa shape index (κ1) is 19.0. The van der Waals surface area contributed by atoms with Gasteiger partial charge in [0.15, 0.2) is 5.78 Å². The summed E-state index contributed by atoms with van der Waals surface area (Å²) in [7, 11) is 1.62. The van der Waals surface area contributed by atoms with Gasteiger partial charge in [-0.15, -0.1) is 6.42 Å². The molecule has 3 aromatic rings. The van der Waals surface area contributed by atoms with Crippen LogP contribution in [-0.4, -0.2) is 19.4 Å². The maximum Gasteiger partial charge on any atom is 0.195 e. The summed E-state index contributed by atoms with van der Waals surface area (Å²) >= 11 is 0. The molecule has 3 heteroatoms. The Balaban J connectivity index is 2.22. The Kier molecular flexibility index (Phi) is 6.28.